The first kappa shape index (κ1) is 15.5. The van der Waals surface area contributed by atoms with Crippen LogP contribution in [0.2, 0.25) is 0 Å². The van der Waals surface area contributed by atoms with E-state index >= 15 is 0 Å². The summed E-state index contributed by atoms with van der Waals surface area (Å²) in [4.78, 5) is 0. The first-order chi connectivity index (χ1) is 9.81. The highest BCUT2D eigenvalue weighted by Gasteiger charge is 2.23. The minimum atomic E-state index is -0.0938. The molecule has 20 heavy (non-hydrogen) atoms. The number of ether oxygens (including phenoxy) is 1. The monoisotopic (exact) mass is 279 g/mol. The van der Waals surface area contributed by atoms with Gasteiger partial charge in [0.2, 0.25) is 0 Å². The molecule has 0 aromatic heterocycles. The summed E-state index contributed by atoms with van der Waals surface area (Å²) in [5.41, 5.74) is 0.819. The molecular weight excluding hydrogens is 253 g/mol. The van der Waals surface area contributed by atoms with Crippen LogP contribution >= 0.6 is 0 Å². The third-order valence-electron chi connectivity index (χ3n) is 3.83. The molecular formula is C17H26FNO. The van der Waals surface area contributed by atoms with E-state index in [1.165, 1.54) is 12.8 Å². The predicted molar refractivity (Wildman–Crippen MR) is 80.5 cm³/mol. The van der Waals surface area contributed by atoms with Crippen LogP contribution in [0.1, 0.15) is 50.5 Å². The first-order valence-electron chi connectivity index (χ1n) is 7.86. The van der Waals surface area contributed by atoms with E-state index in [9.17, 15) is 4.39 Å². The topological polar surface area (TPSA) is 21.3 Å². The second-order valence-corrected chi connectivity index (χ2v) is 5.66. The molecule has 3 heteroatoms. The quantitative estimate of drug-likeness (QED) is 0.656. The Kier molecular flexibility index (Phi) is 6.48. The summed E-state index contributed by atoms with van der Waals surface area (Å²) in [6.45, 7) is 4.54. The van der Waals surface area contributed by atoms with Gasteiger partial charge in [-0.3, -0.25) is 0 Å². The summed E-state index contributed by atoms with van der Waals surface area (Å²) in [7, 11) is 0. The lowest BCUT2D eigenvalue weighted by molar-refractivity contribution is 0.123. The van der Waals surface area contributed by atoms with Gasteiger partial charge in [0.25, 0.3) is 0 Å². The van der Waals surface area contributed by atoms with Gasteiger partial charge in [0.15, 0.2) is 0 Å². The largest absolute Gasteiger partial charge is 0.381 e. The molecule has 0 saturated heterocycles. The van der Waals surface area contributed by atoms with Crippen molar-refractivity contribution in [3.05, 3.63) is 35.6 Å². The molecule has 0 heterocycles. The van der Waals surface area contributed by atoms with Crippen LogP contribution in [-0.2, 0) is 4.74 Å². The van der Waals surface area contributed by atoms with Gasteiger partial charge in [-0.25, -0.2) is 4.39 Å². The number of hydrogen-bond acceptors (Lipinski definition) is 2. The van der Waals surface area contributed by atoms with Gasteiger partial charge in [0.05, 0.1) is 0 Å². The lowest BCUT2D eigenvalue weighted by atomic mass is 9.95. The molecule has 0 spiro atoms. The van der Waals surface area contributed by atoms with E-state index in [4.69, 9.17) is 4.74 Å². The van der Waals surface area contributed by atoms with Crippen molar-refractivity contribution in [1.29, 1.82) is 0 Å². The van der Waals surface area contributed by atoms with Crippen molar-refractivity contribution in [2.24, 2.45) is 0 Å². The Bertz CT molecular complexity index is 392. The highest BCUT2D eigenvalue weighted by atomic mass is 19.1. The van der Waals surface area contributed by atoms with E-state index < -0.39 is 0 Å². The van der Waals surface area contributed by atoms with E-state index in [0.29, 0.717) is 12.6 Å². The molecule has 0 bridgehead atoms. The second-order valence-electron chi connectivity index (χ2n) is 5.66. The van der Waals surface area contributed by atoms with E-state index in [2.05, 4.69) is 12.2 Å². The van der Waals surface area contributed by atoms with Crippen molar-refractivity contribution < 1.29 is 9.13 Å². The van der Waals surface area contributed by atoms with E-state index in [-0.39, 0.29) is 11.7 Å². The molecule has 0 amide bonds. The molecule has 1 unspecified atom stereocenters. The van der Waals surface area contributed by atoms with E-state index in [1.54, 1.807) is 12.1 Å². The Labute approximate surface area is 121 Å². The molecule has 2 rings (SSSR count). The molecule has 1 aromatic rings. The van der Waals surface area contributed by atoms with Crippen LogP contribution in [0, 0.1) is 5.82 Å². The molecule has 1 N–H and O–H groups in total. The third kappa shape index (κ3) is 5.22. The molecule has 0 radical (unpaired) electrons. The standard InChI is InChI=1S/C17H26FNO/c1-2-3-11-20-12-10-14(13-19-15-8-9-15)16-6-4-5-7-17(16)18/h4-7,14-15,19H,2-3,8-13H2,1H3. The van der Waals surface area contributed by atoms with Gasteiger partial charge < -0.3 is 10.1 Å². The summed E-state index contributed by atoms with van der Waals surface area (Å²) < 4.78 is 19.6. The van der Waals surface area contributed by atoms with Crippen LogP contribution in [0.5, 0.6) is 0 Å². The summed E-state index contributed by atoms with van der Waals surface area (Å²) in [5.74, 6) is 0.113. The van der Waals surface area contributed by atoms with Gasteiger partial charge in [-0.2, -0.15) is 0 Å². The van der Waals surface area contributed by atoms with Crippen molar-refractivity contribution >= 4 is 0 Å². The third-order valence-corrected chi connectivity index (χ3v) is 3.83. The average Bonchev–Trinajstić information content (AvgIpc) is 3.27. The van der Waals surface area contributed by atoms with Crippen LogP contribution in [0.25, 0.3) is 0 Å². The van der Waals surface area contributed by atoms with Crippen molar-refractivity contribution in [2.45, 2.75) is 51.0 Å². The molecule has 1 aliphatic rings. The van der Waals surface area contributed by atoms with Gasteiger partial charge in [0.1, 0.15) is 5.82 Å². The summed E-state index contributed by atoms with van der Waals surface area (Å²) in [6, 6.07) is 7.78. The molecule has 1 aromatic carbocycles. The number of halogens is 1. The second kappa shape index (κ2) is 8.38. The number of benzene rings is 1. The van der Waals surface area contributed by atoms with Gasteiger partial charge in [0, 0.05) is 31.7 Å². The minimum absolute atomic E-state index is 0.0938. The molecule has 1 fully saturated rings. The lowest BCUT2D eigenvalue weighted by Gasteiger charge is -2.19. The Morgan fingerprint density at radius 3 is 2.80 bits per heavy atom. The van der Waals surface area contributed by atoms with Crippen LogP contribution < -0.4 is 5.32 Å². The Morgan fingerprint density at radius 2 is 2.10 bits per heavy atom. The lowest BCUT2D eigenvalue weighted by Crippen LogP contribution is -2.25. The number of nitrogens with one attached hydrogen (secondary N) is 1. The normalized spacial score (nSPS) is 16.3. The van der Waals surface area contributed by atoms with E-state index in [1.807, 2.05) is 12.1 Å². The Balaban J connectivity index is 1.84. The highest BCUT2D eigenvalue weighted by molar-refractivity contribution is 5.22. The SMILES string of the molecule is CCCCOCCC(CNC1CC1)c1ccccc1F. The smallest absolute Gasteiger partial charge is 0.126 e. The van der Waals surface area contributed by atoms with Gasteiger partial charge in [-0.05, 0) is 37.3 Å². The Morgan fingerprint density at radius 1 is 1.30 bits per heavy atom. The van der Waals surface area contributed by atoms with Crippen LogP contribution in [-0.4, -0.2) is 25.8 Å². The van der Waals surface area contributed by atoms with Gasteiger partial charge >= 0.3 is 0 Å². The number of hydrogen-bond donors (Lipinski definition) is 1. The van der Waals surface area contributed by atoms with Crippen LogP contribution in [0.15, 0.2) is 24.3 Å². The van der Waals surface area contributed by atoms with Gasteiger partial charge in [-0.15, -0.1) is 0 Å². The Hall–Kier alpha value is -0.930. The zero-order valence-corrected chi connectivity index (χ0v) is 12.4. The number of unbranched alkanes of at least 4 members (excludes halogenated alkanes) is 1. The fourth-order valence-corrected chi connectivity index (χ4v) is 2.34. The number of rotatable bonds is 10. The summed E-state index contributed by atoms with van der Waals surface area (Å²) in [6.07, 6.45) is 5.66. The van der Waals surface area contributed by atoms with Crippen molar-refractivity contribution in [2.75, 3.05) is 19.8 Å². The van der Waals surface area contributed by atoms with Crippen molar-refractivity contribution in [1.82, 2.24) is 5.32 Å². The fraction of sp³-hybridized carbons (Fsp3) is 0.647. The maximum atomic E-state index is 13.9. The van der Waals surface area contributed by atoms with Gasteiger partial charge in [-0.1, -0.05) is 31.5 Å². The van der Waals surface area contributed by atoms with E-state index in [0.717, 1.165) is 38.0 Å². The summed E-state index contributed by atoms with van der Waals surface area (Å²) >= 11 is 0. The molecule has 2 nitrogen and oxygen atoms in total. The predicted octanol–water partition coefficient (Wildman–Crippen LogP) is 3.87. The maximum absolute atomic E-state index is 13.9. The average molecular weight is 279 g/mol. The molecule has 1 atom stereocenters. The van der Waals surface area contributed by atoms with Crippen molar-refractivity contribution in [3.63, 3.8) is 0 Å². The molecule has 0 aliphatic heterocycles. The first-order valence-corrected chi connectivity index (χ1v) is 7.86. The zero-order valence-electron chi connectivity index (χ0n) is 12.4. The highest BCUT2D eigenvalue weighted by Crippen LogP contribution is 2.25. The minimum Gasteiger partial charge on any atom is -0.381 e. The molecule has 1 saturated carbocycles. The van der Waals surface area contributed by atoms with Crippen molar-refractivity contribution in [3.8, 4) is 0 Å². The summed E-state index contributed by atoms with van der Waals surface area (Å²) in [5, 5.41) is 3.51. The van der Waals surface area contributed by atoms with Crippen LogP contribution in [0.4, 0.5) is 4.39 Å². The fourth-order valence-electron chi connectivity index (χ4n) is 2.34. The van der Waals surface area contributed by atoms with Crippen LogP contribution in [0.3, 0.4) is 0 Å². The maximum Gasteiger partial charge on any atom is 0.126 e. The molecule has 1 aliphatic carbocycles. The zero-order chi connectivity index (χ0) is 14.2. The molecule has 112 valence electrons.